The molecule has 0 fully saturated rings. The number of thiophene rings is 1. The molecule has 3 heteroatoms. The van der Waals surface area contributed by atoms with Crippen molar-refractivity contribution in [2.24, 2.45) is 0 Å². The van der Waals surface area contributed by atoms with E-state index >= 15 is 0 Å². The van der Waals surface area contributed by atoms with E-state index in [2.05, 4.69) is 6.92 Å². The van der Waals surface area contributed by atoms with Gasteiger partial charge in [-0.2, -0.15) is 0 Å². The Kier molecular flexibility index (Phi) is 4.86. The summed E-state index contributed by atoms with van der Waals surface area (Å²) in [7, 11) is 0. The lowest BCUT2D eigenvalue weighted by atomic mass is 10.1. The number of rotatable bonds is 7. The summed E-state index contributed by atoms with van der Waals surface area (Å²) in [6.07, 6.45) is 3.64. The van der Waals surface area contributed by atoms with Gasteiger partial charge in [0.25, 0.3) is 0 Å². The lowest BCUT2D eigenvalue weighted by molar-refractivity contribution is -0.118. The topological polar surface area (TPSA) is 34.1 Å². The number of unbranched alkanes of at least 4 members (excludes halogenated alkanes) is 2. The SMILES string of the molecule is CCCCCC(=O)CC(=O)c1cc2ccccc2s1. The third-order valence-electron chi connectivity index (χ3n) is 3.12. The molecule has 100 valence electrons. The smallest absolute Gasteiger partial charge is 0.180 e. The molecular formula is C16H18O2S. The van der Waals surface area contributed by atoms with Crippen LogP contribution in [0.2, 0.25) is 0 Å². The highest BCUT2D eigenvalue weighted by molar-refractivity contribution is 7.20. The molecule has 0 saturated heterocycles. The Morgan fingerprint density at radius 3 is 2.68 bits per heavy atom. The first kappa shape index (κ1) is 13.9. The van der Waals surface area contributed by atoms with Crippen molar-refractivity contribution in [3.8, 4) is 0 Å². The first-order chi connectivity index (χ1) is 9.20. The fraction of sp³-hybridized carbons (Fsp3) is 0.375. The van der Waals surface area contributed by atoms with E-state index < -0.39 is 0 Å². The summed E-state index contributed by atoms with van der Waals surface area (Å²) in [4.78, 5) is 24.4. The largest absolute Gasteiger partial charge is 0.299 e. The minimum atomic E-state index is -0.0392. The van der Waals surface area contributed by atoms with Crippen LogP contribution < -0.4 is 0 Å². The zero-order valence-corrected chi connectivity index (χ0v) is 12.0. The number of ketones is 2. The van der Waals surface area contributed by atoms with Gasteiger partial charge in [-0.1, -0.05) is 38.0 Å². The average molecular weight is 274 g/mol. The molecule has 0 bridgehead atoms. The van der Waals surface area contributed by atoms with Crippen molar-refractivity contribution in [3.05, 3.63) is 35.2 Å². The molecule has 1 aromatic heterocycles. The van der Waals surface area contributed by atoms with Crippen molar-refractivity contribution >= 4 is 33.0 Å². The average Bonchev–Trinajstić information content (AvgIpc) is 2.83. The predicted octanol–water partition coefficient (Wildman–Crippen LogP) is 4.62. The van der Waals surface area contributed by atoms with Crippen LogP contribution in [0.1, 0.15) is 48.7 Å². The maximum atomic E-state index is 12.0. The number of Topliss-reactive ketones (excluding diaryl/α,β-unsaturated/α-hetero) is 2. The van der Waals surface area contributed by atoms with Gasteiger partial charge in [0.1, 0.15) is 5.78 Å². The number of fused-ring (bicyclic) bond motifs is 1. The van der Waals surface area contributed by atoms with E-state index in [1.165, 1.54) is 11.3 Å². The maximum absolute atomic E-state index is 12.0. The van der Waals surface area contributed by atoms with Gasteiger partial charge in [0.15, 0.2) is 5.78 Å². The number of hydrogen-bond donors (Lipinski definition) is 0. The Balaban J connectivity index is 1.97. The first-order valence-electron chi connectivity index (χ1n) is 6.74. The molecule has 0 aliphatic rings. The number of carbonyl (C=O) groups is 2. The molecule has 0 aliphatic heterocycles. The van der Waals surface area contributed by atoms with E-state index in [1.807, 2.05) is 30.3 Å². The van der Waals surface area contributed by atoms with E-state index in [9.17, 15) is 9.59 Å². The summed E-state index contributed by atoms with van der Waals surface area (Å²) in [5.41, 5.74) is 0. The van der Waals surface area contributed by atoms with Gasteiger partial charge in [-0.25, -0.2) is 0 Å². The molecule has 0 N–H and O–H groups in total. The van der Waals surface area contributed by atoms with Crippen molar-refractivity contribution in [3.63, 3.8) is 0 Å². The third kappa shape index (κ3) is 3.74. The minimum absolute atomic E-state index is 0.0392. The van der Waals surface area contributed by atoms with Crippen LogP contribution in [0.15, 0.2) is 30.3 Å². The predicted molar refractivity (Wildman–Crippen MR) is 79.9 cm³/mol. The number of carbonyl (C=O) groups excluding carboxylic acids is 2. The van der Waals surface area contributed by atoms with Crippen molar-refractivity contribution in [1.29, 1.82) is 0 Å². The van der Waals surface area contributed by atoms with Crippen molar-refractivity contribution < 1.29 is 9.59 Å². The van der Waals surface area contributed by atoms with Gasteiger partial charge in [-0.05, 0) is 23.9 Å². The number of benzene rings is 1. The highest BCUT2D eigenvalue weighted by atomic mass is 32.1. The summed E-state index contributed by atoms with van der Waals surface area (Å²) in [5.74, 6) is 0.0265. The lowest BCUT2D eigenvalue weighted by Crippen LogP contribution is -2.06. The van der Waals surface area contributed by atoms with Crippen LogP contribution in [0.3, 0.4) is 0 Å². The van der Waals surface area contributed by atoms with E-state index in [0.717, 1.165) is 29.3 Å². The van der Waals surface area contributed by atoms with Crippen molar-refractivity contribution in [2.75, 3.05) is 0 Å². The van der Waals surface area contributed by atoms with Gasteiger partial charge in [-0.15, -0.1) is 11.3 Å². The van der Waals surface area contributed by atoms with Crippen LogP contribution in [0, 0.1) is 0 Å². The second-order valence-electron chi connectivity index (χ2n) is 4.74. The Morgan fingerprint density at radius 1 is 1.16 bits per heavy atom. The molecule has 2 aromatic rings. The van der Waals surface area contributed by atoms with E-state index in [0.29, 0.717) is 11.3 Å². The minimum Gasteiger partial charge on any atom is -0.299 e. The molecule has 0 saturated carbocycles. The standard InChI is InChI=1S/C16H18O2S/c1-2-3-4-8-13(17)11-14(18)16-10-12-7-5-6-9-15(12)19-16/h5-7,9-10H,2-4,8,11H2,1H3. The molecular weight excluding hydrogens is 256 g/mol. The van der Waals surface area contributed by atoms with Gasteiger partial charge < -0.3 is 0 Å². The molecule has 0 aliphatic carbocycles. The van der Waals surface area contributed by atoms with E-state index in [-0.39, 0.29) is 18.0 Å². The Bertz CT molecular complexity index is 550. The molecule has 0 atom stereocenters. The monoisotopic (exact) mass is 274 g/mol. The van der Waals surface area contributed by atoms with Crippen LogP contribution in [0.25, 0.3) is 10.1 Å². The van der Waals surface area contributed by atoms with Crippen LogP contribution in [0.4, 0.5) is 0 Å². The first-order valence-corrected chi connectivity index (χ1v) is 7.56. The quantitative estimate of drug-likeness (QED) is 0.419. The molecule has 19 heavy (non-hydrogen) atoms. The van der Waals surface area contributed by atoms with Crippen molar-refractivity contribution in [1.82, 2.24) is 0 Å². The van der Waals surface area contributed by atoms with Crippen molar-refractivity contribution in [2.45, 2.75) is 39.0 Å². The normalized spacial score (nSPS) is 10.8. The second kappa shape index (κ2) is 6.62. The van der Waals surface area contributed by atoms with E-state index in [1.54, 1.807) is 0 Å². The lowest BCUT2D eigenvalue weighted by Gasteiger charge is -1.98. The summed E-state index contributed by atoms with van der Waals surface area (Å²) >= 11 is 1.47. The third-order valence-corrected chi connectivity index (χ3v) is 4.27. The van der Waals surface area contributed by atoms with E-state index in [4.69, 9.17) is 0 Å². The highest BCUT2D eigenvalue weighted by Gasteiger charge is 2.14. The molecule has 0 amide bonds. The molecule has 1 aromatic carbocycles. The van der Waals surface area contributed by atoms with Crippen LogP contribution in [-0.2, 0) is 4.79 Å². The van der Waals surface area contributed by atoms with Gasteiger partial charge in [0.2, 0.25) is 0 Å². The van der Waals surface area contributed by atoms with Gasteiger partial charge in [0.05, 0.1) is 11.3 Å². The molecule has 1 heterocycles. The zero-order chi connectivity index (χ0) is 13.7. The fourth-order valence-corrected chi connectivity index (χ4v) is 3.05. The molecule has 0 spiro atoms. The van der Waals surface area contributed by atoms with Gasteiger partial charge >= 0.3 is 0 Å². The van der Waals surface area contributed by atoms with Gasteiger partial charge in [0, 0.05) is 11.1 Å². The Hall–Kier alpha value is -1.48. The van der Waals surface area contributed by atoms with Crippen LogP contribution in [0.5, 0.6) is 0 Å². The summed E-state index contributed by atoms with van der Waals surface area (Å²) in [6.45, 7) is 2.10. The van der Waals surface area contributed by atoms with Gasteiger partial charge in [-0.3, -0.25) is 9.59 Å². The summed E-state index contributed by atoms with van der Waals surface area (Å²) in [6, 6.07) is 9.80. The molecule has 2 nitrogen and oxygen atoms in total. The van der Waals surface area contributed by atoms with Crippen LogP contribution in [-0.4, -0.2) is 11.6 Å². The summed E-state index contributed by atoms with van der Waals surface area (Å²) in [5, 5.41) is 1.08. The Morgan fingerprint density at radius 2 is 1.95 bits per heavy atom. The highest BCUT2D eigenvalue weighted by Crippen LogP contribution is 2.26. The summed E-state index contributed by atoms with van der Waals surface area (Å²) < 4.78 is 1.10. The Labute approximate surface area is 117 Å². The number of hydrogen-bond acceptors (Lipinski definition) is 3. The molecule has 0 unspecified atom stereocenters. The fourth-order valence-electron chi connectivity index (χ4n) is 2.05. The van der Waals surface area contributed by atoms with Crippen LogP contribution >= 0.6 is 11.3 Å². The zero-order valence-electron chi connectivity index (χ0n) is 11.1. The molecule has 2 rings (SSSR count). The second-order valence-corrected chi connectivity index (χ2v) is 5.83. The molecule has 0 radical (unpaired) electrons. The maximum Gasteiger partial charge on any atom is 0.180 e.